The summed E-state index contributed by atoms with van der Waals surface area (Å²) in [6, 6.07) is 14.9. The molecule has 0 unspecified atom stereocenters. The second-order valence-corrected chi connectivity index (χ2v) is 6.75. The van der Waals surface area contributed by atoms with Crippen molar-refractivity contribution in [1.29, 1.82) is 0 Å². The molecule has 132 valence electrons. The summed E-state index contributed by atoms with van der Waals surface area (Å²) in [5.41, 5.74) is 4.18. The number of nitrogens with zero attached hydrogens (tertiary/aromatic N) is 1. The summed E-state index contributed by atoms with van der Waals surface area (Å²) < 4.78 is 0. The van der Waals surface area contributed by atoms with Crippen molar-refractivity contribution in [1.82, 2.24) is 10.3 Å². The number of anilines is 1. The van der Waals surface area contributed by atoms with Crippen LogP contribution in [0.1, 0.15) is 21.6 Å². The average molecular weight is 365 g/mol. The molecule has 2 aromatic carbocycles. The fourth-order valence-electron chi connectivity index (χ4n) is 2.52. The van der Waals surface area contributed by atoms with Crippen LogP contribution in [0.3, 0.4) is 0 Å². The van der Waals surface area contributed by atoms with Gasteiger partial charge in [-0.1, -0.05) is 23.8 Å². The molecule has 0 aliphatic carbocycles. The van der Waals surface area contributed by atoms with Crippen LogP contribution in [0.5, 0.6) is 0 Å². The minimum Gasteiger partial charge on any atom is -0.355 e. The maximum atomic E-state index is 12.2. The van der Waals surface area contributed by atoms with Crippen molar-refractivity contribution in [2.45, 2.75) is 13.3 Å². The molecule has 1 aromatic heterocycles. The largest absolute Gasteiger partial charge is 0.355 e. The standard InChI is InChI=1S/C20H19N3O2S/c1-13-4-3-5-15(10-13)20-23-17(12-26-20)11-18(24)22-16-8-6-14(7-9-16)19(25)21-2/h3-10,12H,11H2,1-2H3,(H,21,25)(H,22,24). The summed E-state index contributed by atoms with van der Waals surface area (Å²) in [4.78, 5) is 28.3. The van der Waals surface area contributed by atoms with Gasteiger partial charge in [0.1, 0.15) is 5.01 Å². The lowest BCUT2D eigenvalue weighted by atomic mass is 10.1. The van der Waals surface area contributed by atoms with E-state index in [4.69, 9.17) is 0 Å². The molecule has 2 N–H and O–H groups in total. The molecule has 5 nitrogen and oxygen atoms in total. The molecule has 3 rings (SSSR count). The van der Waals surface area contributed by atoms with Gasteiger partial charge in [-0.15, -0.1) is 11.3 Å². The van der Waals surface area contributed by atoms with Crippen molar-refractivity contribution in [3.05, 3.63) is 70.7 Å². The van der Waals surface area contributed by atoms with E-state index >= 15 is 0 Å². The van der Waals surface area contributed by atoms with Gasteiger partial charge in [-0.05, 0) is 37.3 Å². The van der Waals surface area contributed by atoms with Gasteiger partial charge < -0.3 is 10.6 Å². The molecular weight excluding hydrogens is 346 g/mol. The summed E-state index contributed by atoms with van der Waals surface area (Å²) in [6.07, 6.45) is 0.208. The predicted octanol–water partition coefficient (Wildman–Crippen LogP) is 3.66. The topological polar surface area (TPSA) is 71.1 Å². The molecule has 26 heavy (non-hydrogen) atoms. The van der Waals surface area contributed by atoms with Crippen LogP contribution in [0.15, 0.2) is 53.9 Å². The molecule has 6 heteroatoms. The van der Waals surface area contributed by atoms with Crippen LogP contribution in [0.2, 0.25) is 0 Å². The second kappa shape index (κ2) is 7.93. The van der Waals surface area contributed by atoms with Crippen LogP contribution in [0, 0.1) is 6.92 Å². The lowest BCUT2D eigenvalue weighted by molar-refractivity contribution is -0.115. The van der Waals surface area contributed by atoms with E-state index in [1.807, 2.05) is 30.5 Å². The molecule has 0 atom stereocenters. The average Bonchev–Trinajstić information content (AvgIpc) is 3.10. The number of amides is 2. The minimum atomic E-state index is -0.158. The molecule has 0 radical (unpaired) electrons. The van der Waals surface area contributed by atoms with Crippen LogP contribution in [0.4, 0.5) is 5.69 Å². The van der Waals surface area contributed by atoms with Crippen LogP contribution in [0.25, 0.3) is 10.6 Å². The highest BCUT2D eigenvalue weighted by Gasteiger charge is 2.10. The molecule has 0 saturated heterocycles. The number of benzene rings is 2. The van der Waals surface area contributed by atoms with E-state index in [9.17, 15) is 9.59 Å². The maximum Gasteiger partial charge on any atom is 0.251 e. The van der Waals surface area contributed by atoms with Crippen LogP contribution < -0.4 is 10.6 Å². The molecule has 0 fully saturated rings. The van der Waals surface area contributed by atoms with E-state index in [0.29, 0.717) is 11.3 Å². The fraction of sp³-hybridized carbons (Fsp3) is 0.150. The summed E-state index contributed by atoms with van der Waals surface area (Å²) in [5.74, 6) is -0.298. The second-order valence-electron chi connectivity index (χ2n) is 5.89. The quantitative estimate of drug-likeness (QED) is 0.725. The van der Waals surface area contributed by atoms with Gasteiger partial charge >= 0.3 is 0 Å². The Balaban J connectivity index is 1.63. The highest BCUT2D eigenvalue weighted by molar-refractivity contribution is 7.13. The van der Waals surface area contributed by atoms with Crippen LogP contribution in [-0.4, -0.2) is 23.8 Å². The first-order valence-electron chi connectivity index (χ1n) is 8.18. The number of rotatable bonds is 5. The molecule has 0 spiro atoms. The number of aromatic nitrogens is 1. The Labute approximate surface area is 156 Å². The highest BCUT2D eigenvalue weighted by atomic mass is 32.1. The molecule has 0 aliphatic heterocycles. The van der Waals surface area contributed by atoms with Gasteiger partial charge in [-0.3, -0.25) is 9.59 Å². The van der Waals surface area contributed by atoms with E-state index in [1.165, 1.54) is 16.9 Å². The number of aryl methyl sites for hydroxylation is 1. The summed E-state index contributed by atoms with van der Waals surface area (Å²) >= 11 is 1.53. The van der Waals surface area contributed by atoms with E-state index in [-0.39, 0.29) is 18.2 Å². The number of hydrogen-bond donors (Lipinski definition) is 2. The van der Waals surface area contributed by atoms with E-state index in [2.05, 4.69) is 21.7 Å². The SMILES string of the molecule is CNC(=O)c1ccc(NC(=O)Cc2csc(-c3cccc(C)c3)n2)cc1. The van der Waals surface area contributed by atoms with Gasteiger partial charge in [0.15, 0.2) is 0 Å². The molecule has 3 aromatic rings. The van der Waals surface area contributed by atoms with Crippen molar-refractivity contribution < 1.29 is 9.59 Å². The Bertz CT molecular complexity index is 932. The third-order valence-corrected chi connectivity index (χ3v) is 4.76. The third kappa shape index (κ3) is 4.34. The molecule has 1 heterocycles. The Morgan fingerprint density at radius 1 is 1.12 bits per heavy atom. The first-order valence-corrected chi connectivity index (χ1v) is 9.06. The Hall–Kier alpha value is -2.99. The Kier molecular flexibility index (Phi) is 5.43. The first kappa shape index (κ1) is 17.8. The van der Waals surface area contributed by atoms with Crippen LogP contribution >= 0.6 is 11.3 Å². The summed E-state index contributed by atoms with van der Waals surface area (Å²) in [5, 5.41) is 8.20. The van der Waals surface area contributed by atoms with Crippen LogP contribution in [-0.2, 0) is 11.2 Å². The van der Waals surface area contributed by atoms with Gasteiger partial charge in [-0.25, -0.2) is 4.98 Å². The summed E-state index contributed by atoms with van der Waals surface area (Å²) in [7, 11) is 1.58. The highest BCUT2D eigenvalue weighted by Crippen LogP contribution is 2.24. The lowest BCUT2D eigenvalue weighted by Gasteiger charge is -2.05. The van der Waals surface area contributed by atoms with Gasteiger partial charge in [0.05, 0.1) is 12.1 Å². The zero-order chi connectivity index (χ0) is 18.5. The van der Waals surface area contributed by atoms with Gasteiger partial charge in [-0.2, -0.15) is 0 Å². The van der Waals surface area contributed by atoms with E-state index in [1.54, 1.807) is 31.3 Å². The first-order chi connectivity index (χ1) is 12.5. The Morgan fingerprint density at radius 2 is 1.88 bits per heavy atom. The zero-order valence-corrected chi connectivity index (χ0v) is 15.4. The number of thiazole rings is 1. The Morgan fingerprint density at radius 3 is 2.58 bits per heavy atom. The number of nitrogens with one attached hydrogen (secondary N) is 2. The summed E-state index contributed by atoms with van der Waals surface area (Å²) in [6.45, 7) is 2.04. The van der Waals surface area contributed by atoms with E-state index in [0.717, 1.165) is 16.3 Å². The van der Waals surface area contributed by atoms with Crippen molar-refractivity contribution in [3.63, 3.8) is 0 Å². The van der Waals surface area contributed by atoms with Crippen molar-refractivity contribution in [2.24, 2.45) is 0 Å². The zero-order valence-electron chi connectivity index (χ0n) is 14.6. The smallest absolute Gasteiger partial charge is 0.251 e. The van der Waals surface area contributed by atoms with E-state index < -0.39 is 0 Å². The molecule has 0 saturated carbocycles. The normalized spacial score (nSPS) is 10.4. The van der Waals surface area contributed by atoms with Crippen molar-refractivity contribution in [2.75, 3.05) is 12.4 Å². The predicted molar refractivity (Wildman–Crippen MR) is 104 cm³/mol. The number of carbonyl (C=O) groups is 2. The molecule has 0 bridgehead atoms. The lowest BCUT2D eigenvalue weighted by Crippen LogP contribution is -2.18. The third-order valence-electron chi connectivity index (χ3n) is 3.82. The van der Waals surface area contributed by atoms with Gasteiger partial charge in [0.2, 0.25) is 5.91 Å². The molecule has 2 amide bonds. The number of hydrogen-bond acceptors (Lipinski definition) is 4. The minimum absolute atomic E-state index is 0.140. The van der Waals surface area contributed by atoms with Crippen molar-refractivity contribution in [3.8, 4) is 10.6 Å². The van der Waals surface area contributed by atoms with Crippen molar-refractivity contribution >= 4 is 28.8 Å². The molecular formula is C20H19N3O2S. The maximum absolute atomic E-state index is 12.2. The number of carbonyl (C=O) groups excluding carboxylic acids is 2. The fourth-order valence-corrected chi connectivity index (χ4v) is 3.33. The monoisotopic (exact) mass is 365 g/mol. The van der Waals surface area contributed by atoms with Gasteiger partial charge in [0, 0.05) is 29.2 Å². The van der Waals surface area contributed by atoms with Gasteiger partial charge in [0.25, 0.3) is 5.91 Å². The molecule has 0 aliphatic rings.